The number of carbonyl (C=O) groups excluding carboxylic acids is 2. The van der Waals surface area contributed by atoms with E-state index in [9.17, 15) is 9.59 Å². The Morgan fingerprint density at radius 2 is 1.97 bits per heavy atom. The number of amides is 1. The average molecular weight is 423 g/mol. The third-order valence-corrected chi connectivity index (χ3v) is 6.99. The summed E-state index contributed by atoms with van der Waals surface area (Å²) in [6.45, 7) is 2.08. The number of anilines is 1. The number of esters is 1. The predicted octanol–water partition coefficient (Wildman–Crippen LogP) is 4.81. The lowest BCUT2D eigenvalue weighted by atomic mass is 9.89. The molecule has 0 unspecified atom stereocenters. The van der Waals surface area contributed by atoms with E-state index >= 15 is 0 Å². The van der Waals surface area contributed by atoms with Crippen LogP contribution in [0, 0.1) is 0 Å². The van der Waals surface area contributed by atoms with Crippen LogP contribution in [0.3, 0.4) is 0 Å². The smallest absolute Gasteiger partial charge is 0.341 e. The van der Waals surface area contributed by atoms with Crippen molar-refractivity contribution in [2.24, 2.45) is 0 Å². The van der Waals surface area contributed by atoms with Gasteiger partial charge in [0.2, 0.25) is 0 Å². The molecule has 0 fully saturated rings. The van der Waals surface area contributed by atoms with E-state index in [1.54, 1.807) is 6.92 Å². The molecule has 1 N–H and O–H groups in total. The van der Waals surface area contributed by atoms with Crippen LogP contribution in [0.4, 0.5) is 5.00 Å². The van der Waals surface area contributed by atoms with Crippen LogP contribution < -0.4 is 5.32 Å². The molecule has 0 aliphatic heterocycles. The highest BCUT2D eigenvalue weighted by molar-refractivity contribution is 7.17. The van der Waals surface area contributed by atoms with Crippen LogP contribution in [0.2, 0.25) is 0 Å². The van der Waals surface area contributed by atoms with E-state index in [1.807, 2.05) is 18.2 Å². The molecular formula is C23H22N2O4S. The van der Waals surface area contributed by atoms with Gasteiger partial charge in [0, 0.05) is 16.0 Å². The highest BCUT2D eigenvalue weighted by atomic mass is 32.1. The Morgan fingerprint density at radius 1 is 1.13 bits per heavy atom. The first-order valence-electron chi connectivity index (χ1n) is 10.4. The van der Waals surface area contributed by atoms with Crippen molar-refractivity contribution in [1.82, 2.24) is 5.16 Å². The molecule has 0 bridgehead atoms. The summed E-state index contributed by atoms with van der Waals surface area (Å²) >= 11 is 1.48. The fraction of sp³-hybridized carbons (Fsp3) is 0.348. The molecule has 1 aromatic carbocycles. The summed E-state index contributed by atoms with van der Waals surface area (Å²) < 4.78 is 10.8. The van der Waals surface area contributed by atoms with Crippen LogP contribution in [-0.4, -0.2) is 23.6 Å². The third-order valence-electron chi connectivity index (χ3n) is 5.79. The lowest BCUT2D eigenvalue weighted by molar-refractivity contribution is 0.0526. The number of nitrogens with one attached hydrogen (secondary N) is 1. The zero-order valence-corrected chi connectivity index (χ0v) is 17.6. The minimum absolute atomic E-state index is 0.292. The van der Waals surface area contributed by atoms with Crippen LogP contribution in [0.1, 0.15) is 62.2 Å². The molecule has 2 aromatic heterocycles. The van der Waals surface area contributed by atoms with E-state index in [0.29, 0.717) is 35.0 Å². The quantitative estimate of drug-likeness (QED) is 0.610. The van der Waals surface area contributed by atoms with Gasteiger partial charge in [0.15, 0.2) is 11.5 Å². The summed E-state index contributed by atoms with van der Waals surface area (Å²) in [4.78, 5) is 26.9. The third kappa shape index (κ3) is 3.13. The van der Waals surface area contributed by atoms with Gasteiger partial charge in [-0.05, 0) is 56.6 Å². The highest BCUT2D eigenvalue weighted by Crippen LogP contribution is 2.40. The maximum atomic E-state index is 13.1. The van der Waals surface area contributed by atoms with Crippen molar-refractivity contribution in [1.29, 1.82) is 0 Å². The number of benzene rings is 1. The summed E-state index contributed by atoms with van der Waals surface area (Å²) in [7, 11) is 0. The second kappa shape index (κ2) is 7.72. The Bertz CT molecular complexity index is 1140. The Kier molecular flexibility index (Phi) is 4.90. The SMILES string of the molecule is CCOC(=O)c1c(NC(=O)c2noc3c2CCc2ccccc2-3)sc2c1CCCC2. The predicted molar refractivity (Wildman–Crippen MR) is 114 cm³/mol. The molecule has 154 valence electrons. The molecule has 2 aliphatic carbocycles. The van der Waals surface area contributed by atoms with Crippen molar-refractivity contribution in [2.75, 3.05) is 11.9 Å². The molecule has 2 heterocycles. The molecule has 30 heavy (non-hydrogen) atoms. The van der Waals surface area contributed by atoms with E-state index in [-0.39, 0.29) is 11.9 Å². The van der Waals surface area contributed by atoms with Crippen LogP contribution in [0.5, 0.6) is 0 Å². The van der Waals surface area contributed by atoms with Crippen LogP contribution in [-0.2, 0) is 30.4 Å². The Hall–Kier alpha value is -2.93. The molecular weight excluding hydrogens is 400 g/mol. The van der Waals surface area contributed by atoms with E-state index in [0.717, 1.165) is 53.7 Å². The van der Waals surface area contributed by atoms with Gasteiger partial charge in [-0.2, -0.15) is 0 Å². The van der Waals surface area contributed by atoms with Gasteiger partial charge in [0.05, 0.1) is 12.2 Å². The lowest BCUT2D eigenvalue weighted by Crippen LogP contribution is -2.18. The van der Waals surface area contributed by atoms with Crippen molar-refractivity contribution < 1.29 is 18.8 Å². The summed E-state index contributed by atoms with van der Waals surface area (Å²) in [5.41, 5.74) is 4.84. The summed E-state index contributed by atoms with van der Waals surface area (Å²) in [6, 6.07) is 8.02. The summed E-state index contributed by atoms with van der Waals surface area (Å²) in [6.07, 6.45) is 5.44. The molecule has 0 radical (unpaired) electrons. The molecule has 7 heteroatoms. The van der Waals surface area contributed by atoms with Crippen LogP contribution >= 0.6 is 11.3 Å². The molecule has 0 atom stereocenters. The number of carbonyl (C=O) groups is 2. The van der Waals surface area contributed by atoms with Crippen LogP contribution in [0.25, 0.3) is 11.3 Å². The first-order chi connectivity index (χ1) is 14.7. The van der Waals surface area contributed by atoms with Gasteiger partial charge in [0.1, 0.15) is 5.00 Å². The van der Waals surface area contributed by atoms with Crippen molar-refractivity contribution in [2.45, 2.75) is 45.4 Å². The van der Waals surface area contributed by atoms with Crippen LogP contribution in [0.15, 0.2) is 28.8 Å². The summed E-state index contributed by atoms with van der Waals surface area (Å²) in [5.74, 6) is -0.0510. The van der Waals surface area contributed by atoms with Gasteiger partial charge in [-0.15, -0.1) is 11.3 Å². The second-order valence-corrected chi connectivity index (χ2v) is 8.69. The molecule has 1 amide bonds. The Balaban J connectivity index is 1.48. The van der Waals surface area contributed by atoms with Crippen molar-refractivity contribution in [3.8, 4) is 11.3 Å². The largest absolute Gasteiger partial charge is 0.462 e. The maximum absolute atomic E-state index is 13.1. The molecule has 0 saturated heterocycles. The van der Waals surface area contributed by atoms with E-state index in [1.165, 1.54) is 16.9 Å². The molecule has 0 spiro atoms. The number of hydrogen-bond acceptors (Lipinski definition) is 6. The van der Waals surface area contributed by atoms with Crippen molar-refractivity contribution in [3.05, 3.63) is 57.1 Å². The van der Waals surface area contributed by atoms with E-state index < -0.39 is 0 Å². The molecule has 0 saturated carbocycles. The minimum Gasteiger partial charge on any atom is -0.462 e. The Labute approximate surface area is 178 Å². The maximum Gasteiger partial charge on any atom is 0.341 e. The standard InChI is InChI=1S/C23H22N2O4S/c1-2-28-23(27)18-15-9-5-6-10-17(15)30-22(18)24-21(26)19-16-12-11-13-7-3-4-8-14(13)20(16)29-25-19/h3-4,7-8H,2,5-6,9-12H2,1H3,(H,24,26). The zero-order valence-electron chi connectivity index (χ0n) is 16.7. The second-order valence-electron chi connectivity index (χ2n) is 7.59. The zero-order chi connectivity index (χ0) is 20.7. The van der Waals surface area contributed by atoms with Crippen molar-refractivity contribution >= 4 is 28.2 Å². The van der Waals surface area contributed by atoms with Gasteiger partial charge in [-0.3, -0.25) is 4.79 Å². The van der Waals surface area contributed by atoms with Gasteiger partial charge in [0.25, 0.3) is 5.91 Å². The topological polar surface area (TPSA) is 81.4 Å². The summed E-state index contributed by atoms with van der Waals surface area (Å²) in [5, 5.41) is 7.58. The first kappa shape index (κ1) is 19.1. The number of thiophene rings is 1. The molecule has 6 nitrogen and oxygen atoms in total. The van der Waals surface area contributed by atoms with Gasteiger partial charge < -0.3 is 14.6 Å². The van der Waals surface area contributed by atoms with E-state index in [4.69, 9.17) is 9.26 Å². The van der Waals surface area contributed by atoms with Gasteiger partial charge in [-0.25, -0.2) is 4.79 Å². The molecule has 3 aromatic rings. The van der Waals surface area contributed by atoms with E-state index in [2.05, 4.69) is 16.5 Å². The average Bonchev–Trinajstić information content (AvgIpc) is 3.35. The minimum atomic E-state index is -0.372. The fourth-order valence-corrected chi connectivity index (χ4v) is 5.66. The number of aryl methyl sites for hydroxylation is 2. The Morgan fingerprint density at radius 3 is 2.83 bits per heavy atom. The fourth-order valence-electron chi connectivity index (χ4n) is 4.39. The van der Waals surface area contributed by atoms with Gasteiger partial charge >= 0.3 is 5.97 Å². The molecule has 5 rings (SSSR count). The van der Waals surface area contributed by atoms with Crippen molar-refractivity contribution in [3.63, 3.8) is 0 Å². The first-order valence-corrected chi connectivity index (χ1v) is 11.2. The van der Waals surface area contributed by atoms with Gasteiger partial charge in [-0.1, -0.05) is 29.4 Å². The normalized spacial score (nSPS) is 14.4. The highest BCUT2D eigenvalue weighted by Gasteiger charge is 2.31. The lowest BCUT2D eigenvalue weighted by Gasteiger charge is -2.14. The number of ether oxygens (including phenoxy) is 1. The number of nitrogens with zero attached hydrogens (tertiary/aromatic N) is 1. The number of hydrogen-bond donors (Lipinski definition) is 1. The number of rotatable bonds is 4. The molecule has 2 aliphatic rings. The monoisotopic (exact) mass is 422 g/mol. The number of aromatic nitrogens is 1. The number of fused-ring (bicyclic) bond motifs is 4.